The van der Waals surface area contributed by atoms with E-state index in [4.69, 9.17) is 22.9 Å². The minimum Gasteiger partial charge on any atom is -0.370 e. The molecule has 0 radical (unpaired) electrons. The van der Waals surface area contributed by atoms with E-state index in [1.54, 1.807) is 30.3 Å². The fourth-order valence-corrected chi connectivity index (χ4v) is 4.41. The van der Waals surface area contributed by atoms with Crippen molar-refractivity contribution < 1.29 is 22.8 Å². The molecule has 2 amide bonds. The van der Waals surface area contributed by atoms with E-state index in [2.05, 4.69) is 25.3 Å². The van der Waals surface area contributed by atoms with Crippen molar-refractivity contribution in [1.82, 2.24) is 15.4 Å². The van der Waals surface area contributed by atoms with Crippen LogP contribution < -0.4 is 38.3 Å². The van der Waals surface area contributed by atoms with Crippen LogP contribution in [-0.4, -0.2) is 70.2 Å². The number of benzene rings is 1. The fourth-order valence-electron chi connectivity index (χ4n) is 3.04. The number of amides is 2. The van der Waals surface area contributed by atoms with E-state index >= 15 is 0 Å². The second-order valence-corrected chi connectivity index (χ2v) is 9.59. The third-order valence-electron chi connectivity index (χ3n) is 4.68. The molecule has 36 heavy (non-hydrogen) atoms. The predicted octanol–water partition coefficient (Wildman–Crippen LogP) is -2.62. The lowest BCUT2D eigenvalue weighted by Gasteiger charge is -2.19. The number of hydrogen-bond donors (Lipinski definition) is 7. The Hall–Kier alpha value is -3.72. The van der Waals surface area contributed by atoms with Crippen molar-refractivity contribution in [2.45, 2.75) is 43.5 Å². The molecule has 1 aromatic rings. The van der Waals surface area contributed by atoms with Crippen LogP contribution in [0.4, 0.5) is 0 Å². The number of aldehydes is 1. The van der Waals surface area contributed by atoms with Crippen LogP contribution in [0.2, 0.25) is 0 Å². The van der Waals surface area contributed by atoms with Gasteiger partial charge < -0.3 is 38.4 Å². The maximum absolute atomic E-state index is 12.7. The molecule has 11 N–H and O–H groups in total. The Morgan fingerprint density at radius 2 is 1.53 bits per heavy atom. The van der Waals surface area contributed by atoms with Gasteiger partial charge in [0.05, 0.1) is 18.3 Å². The van der Waals surface area contributed by atoms with Crippen LogP contribution in [0, 0.1) is 0 Å². The topological polar surface area (TPSA) is 250 Å². The maximum Gasteiger partial charge on any atom is 0.239 e. The van der Waals surface area contributed by atoms with Crippen molar-refractivity contribution in [1.29, 1.82) is 0 Å². The maximum atomic E-state index is 12.7. The first kappa shape index (κ1) is 30.3. The minimum atomic E-state index is -3.88. The van der Waals surface area contributed by atoms with Crippen molar-refractivity contribution in [3.63, 3.8) is 0 Å². The average Bonchev–Trinajstić information content (AvgIpc) is 2.81. The average molecular weight is 526 g/mol. The minimum absolute atomic E-state index is 0.0725. The lowest BCUT2D eigenvalue weighted by molar-refractivity contribution is -0.128. The zero-order valence-electron chi connectivity index (χ0n) is 19.9. The van der Waals surface area contributed by atoms with Crippen LogP contribution in [-0.2, 0) is 30.2 Å². The highest BCUT2D eigenvalue weighted by Crippen LogP contribution is 2.07. The number of rotatable bonds is 17. The molecule has 0 heterocycles. The second kappa shape index (κ2) is 16.0. The number of aliphatic imine (C=N–C) groups is 2. The molecule has 0 aliphatic carbocycles. The molecule has 0 spiro atoms. The molecule has 2 atom stereocenters. The molecule has 0 aliphatic heterocycles. The molecule has 200 valence electrons. The molecule has 0 saturated heterocycles. The molecular weight excluding hydrogens is 490 g/mol. The highest BCUT2D eigenvalue weighted by atomic mass is 32.2. The van der Waals surface area contributed by atoms with Gasteiger partial charge in [0.1, 0.15) is 12.3 Å². The summed E-state index contributed by atoms with van der Waals surface area (Å²) >= 11 is 0. The summed E-state index contributed by atoms with van der Waals surface area (Å²) in [4.78, 5) is 43.8. The summed E-state index contributed by atoms with van der Waals surface area (Å²) in [6.07, 6.45) is 1.71. The molecule has 1 aromatic carbocycles. The largest absolute Gasteiger partial charge is 0.370 e. The number of carbonyl (C=O) groups is 3. The monoisotopic (exact) mass is 525 g/mol. The third-order valence-corrected chi connectivity index (χ3v) is 6.04. The molecule has 0 bridgehead atoms. The van der Waals surface area contributed by atoms with Gasteiger partial charge in [-0.15, -0.1) is 0 Å². The fraction of sp³-hybridized carbons (Fsp3) is 0.476. The number of nitrogens with two attached hydrogens (primary N) is 4. The standard InChI is InChI=1S/C21H35N9O5S/c22-20(23)26-10-4-8-16(13-31)29-18(32)12-28-19(33)17(9-5-11-27-21(24)25)30-36(34,35)14-15-6-2-1-3-7-15/h1-3,6-7,13,16-17,30H,4-5,8-12,14H2,(H,28,33)(H,29,32)(H4,22,23,26)(H4,24,25,27)/t16-,17+/m0/s1. The lowest BCUT2D eigenvalue weighted by Crippen LogP contribution is -2.50. The molecule has 0 fully saturated rings. The quantitative estimate of drug-likeness (QED) is 0.0486. The highest BCUT2D eigenvalue weighted by Gasteiger charge is 2.25. The Morgan fingerprint density at radius 1 is 0.944 bits per heavy atom. The summed E-state index contributed by atoms with van der Waals surface area (Å²) in [5.74, 6) is -1.85. The van der Waals surface area contributed by atoms with Crippen LogP contribution in [0.15, 0.2) is 40.3 Å². The Labute approximate surface area is 210 Å². The van der Waals surface area contributed by atoms with E-state index in [0.29, 0.717) is 37.7 Å². The Morgan fingerprint density at radius 3 is 2.08 bits per heavy atom. The first-order chi connectivity index (χ1) is 17.0. The number of hydrogen-bond acceptors (Lipinski definition) is 7. The Balaban J connectivity index is 2.70. The van der Waals surface area contributed by atoms with Crippen LogP contribution in [0.3, 0.4) is 0 Å². The van der Waals surface area contributed by atoms with E-state index in [-0.39, 0.29) is 30.6 Å². The van der Waals surface area contributed by atoms with Crippen molar-refractivity contribution >= 4 is 40.0 Å². The molecular formula is C21H35N9O5S. The van der Waals surface area contributed by atoms with Gasteiger partial charge in [-0.1, -0.05) is 30.3 Å². The number of nitrogens with zero attached hydrogens (tertiary/aromatic N) is 2. The van der Waals surface area contributed by atoms with Gasteiger partial charge in [0.25, 0.3) is 0 Å². The smallest absolute Gasteiger partial charge is 0.239 e. The summed E-state index contributed by atoms with van der Waals surface area (Å²) in [6, 6.07) is 6.52. The van der Waals surface area contributed by atoms with E-state index in [0.717, 1.165) is 0 Å². The van der Waals surface area contributed by atoms with E-state index in [1.165, 1.54) is 0 Å². The summed E-state index contributed by atoms with van der Waals surface area (Å²) in [5, 5.41) is 4.87. The number of nitrogens with one attached hydrogen (secondary N) is 3. The first-order valence-electron chi connectivity index (χ1n) is 11.2. The molecule has 14 nitrogen and oxygen atoms in total. The summed E-state index contributed by atoms with van der Waals surface area (Å²) in [7, 11) is -3.88. The summed E-state index contributed by atoms with van der Waals surface area (Å²) in [5.41, 5.74) is 21.6. The third kappa shape index (κ3) is 13.9. The zero-order chi connectivity index (χ0) is 27.0. The molecule has 0 aliphatic rings. The Kier molecular flexibility index (Phi) is 13.5. The second-order valence-electron chi connectivity index (χ2n) is 7.84. The number of carbonyl (C=O) groups excluding carboxylic acids is 3. The Bertz CT molecular complexity index is 1010. The normalized spacial score (nSPS) is 12.6. The van der Waals surface area contributed by atoms with Gasteiger partial charge in [0.2, 0.25) is 21.8 Å². The van der Waals surface area contributed by atoms with E-state index in [9.17, 15) is 22.8 Å². The first-order valence-corrected chi connectivity index (χ1v) is 12.8. The number of sulfonamides is 1. The van der Waals surface area contributed by atoms with Crippen LogP contribution in [0.5, 0.6) is 0 Å². The van der Waals surface area contributed by atoms with Gasteiger partial charge in [-0.2, -0.15) is 0 Å². The summed E-state index contributed by atoms with van der Waals surface area (Å²) in [6.45, 7) is 0.0275. The molecule has 0 unspecified atom stereocenters. The van der Waals surface area contributed by atoms with Gasteiger partial charge in [-0.05, 0) is 31.2 Å². The summed E-state index contributed by atoms with van der Waals surface area (Å²) < 4.78 is 27.7. The van der Waals surface area contributed by atoms with Gasteiger partial charge in [0.15, 0.2) is 11.9 Å². The van der Waals surface area contributed by atoms with Gasteiger partial charge in [-0.25, -0.2) is 13.1 Å². The van der Waals surface area contributed by atoms with E-state index in [1.807, 2.05) is 0 Å². The molecule has 1 rings (SSSR count). The van der Waals surface area contributed by atoms with Gasteiger partial charge in [0, 0.05) is 13.1 Å². The van der Waals surface area contributed by atoms with Crippen LogP contribution >= 0.6 is 0 Å². The van der Waals surface area contributed by atoms with Gasteiger partial charge in [-0.3, -0.25) is 19.6 Å². The molecule has 0 aromatic heterocycles. The van der Waals surface area contributed by atoms with Gasteiger partial charge >= 0.3 is 0 Å². The van der Waals surface area contributed by atoms with Crippen molar-refractivity contribution in [2.75, 3.05) is 19.6 Å². The van der Waals surface area contributed by atoms with Crippen molar-refractivity contribution in [2.24, 2.45) is 32.9 Å². The van der Waals surface area contributed by atoms with Crippen LogP contribution in [0.25, 0.3) is 0 Å². The SMILES string of the molecule is NC(N)=NCCC[C@@H](C=O)NC(=O)CNC(=O)[C@@H](CCCN=C(N)N)NS(=O)(=O)Cc1ccccc1. The van der Waals surface area contributed by atoms with E-state index < -0.39 is 40.5 Å². The van der Waals surface area contributed by atoms with Crippen molar-refractivity contribution in [3.05, 3.63) is 35.9 Å². The number of guanidine groups is 2. The molecule has 15 heteroatoms. The zero-order valence-corrected chi connectivity index (χ0v) is 20.7. The lowest BCUT2D eigenvalue weighted by atomic mass is 10.1. The van der Waals surface area contributed by atoms with Crippen LogP contribution in [0.1, 0.15) is 31.2 Å². The highest BCUT2D eigenvalue weighted by molar-refractivity contribution is 7.88. The molecule has 0 saturated carbocycles. The van der Waals surface area contributed by atoms with Crippen molar-refractivity contribution in [3.8, 4) is 0 Å². The predicted molar refractivity (Wildman–Crippen MR) is 137 cm³/mol.